The molecule has 0 spiro atoms. The quantitative estimate of drug-likeness (QED) is 0.816. The van der Waals surface area contributed by atoms with Gasteiger partial charge < -0.3 is 15.4 Å². The minimum absolute atomic E-state index is 0.183. The van der Waals surface area contributed by atoms with Crippen LogP contribution in [-0.2, 0) is 14.3 Å². The number of thiophene rings is 1. The Labute approximate surface area is 144 Å². The van der Waals surface area contributed by atoms with E-state index in [1.165, 1.54) is 0 Å². The first-order chi connectivity index (χ1) is 11.5. The minimum Gasteiger partial charge on any atom is -0.374 e. The van der Waals surface area contributed by atoms with Crippen molar-refractivity contribution in [2.24, 2.45) is 0 Å². The Morgan fingerprint density at radius 2 is 2.00 bits per heavy atom. The number of aryl methyl sites for hydroxylation is 1. The summed E-state index contributed by atoms with van der Waals surface area (Å²) in [7, 11) is 1.55. The normalized spacial score (nSPS) is 11.4. The number of hydrogen-bond donors (Lipinski definition) is 2. The van der Waals surface area contributed by atoms with Crippen LogP contribution >= 0.6 is 11.3 Å². The predicted octanol–water partition coefficient (Wildman–Crippen LogP) is 2.37. The van der Waals surface area contributed by atoms with Crippen LogP contribution in [0, 0.1) is 18.3 Å². The summed E-state index contributed by atoms with van der Waals surface area (Å²) in [5.41, 5.74) is 0.597. The van der Waals surface area contributed by atoms with Gasteiger partial charge in [-0.1, -0.05) is 12.1 Å². The standard InChI is InChI=1S/C17H17N3O3S/c1-11-7-8-15(24-11)14(23-2)10-19-16(21)17(22)20-13-6-4-3-5-12(13)9-18/h3-8,14H,10H2,1-2H3,(H,19,21)(H,20,22). The minimum atomic E-state index is -0.824. The van der Waals surface area contributed by atoms with E-state index in [1.54, 1.807) is 42.7 Å². The highest BCUT2D eigenvalue weighted by molar-refractivity contribution is 7.12. The van der Waals surface area contributed by atoms with Crippen molar-refractivity contribution in [1.82, 2.24) is 5.32 Å². The predicted molar refractivity (Wildman–Crippen MR) is 91.6 cm³/mol. The number of nitriles is 1. The first kappa shape index (κ1) is 17.7. The number of nitrogens with zero attached hydrogens (tertiary/aromatic N) is 1. The van der Waals surface area contributed by atoms with Crippen LogP contribution in [-0.4, -0.2) is 25.5 Å². The van der Waals surface area contributed by atoms with E-state index in [0.29, 0.717) is 11.3 Å². The van der Waals surface area contributed by atoms with Crippen LogP contribution in [0.3, 0.4) is 0 Å². The van der Waals surface area contributed by atoms with Crippen molar-refractivity contribution in [1.29, 1.82) is 5.26 Å². The molecule has 6 nitrogen and oxygen atoms in total. The Hall–Kier alpha value is -2.69. The number of nitrogens with one attached hydrogen (secondary N) is 2. The fraction of sp³-hybridized carbons (Fsp3) is 0.235. The van der Waals surface area contributed by atoms with Gasteiger partial charge in [0.05, 0.1) is 11.3 Å². The number of ether oxygens (including phenoxy) is 1. The number of para-hydroxylation sites is 1. The lowest BCUT2D eigenvalue weighted by Gasteiger charge is -2.14. The lowest BCUT2D eigenvalue weighted by molar-refractivity contribution is -0.136. The van der Waals surface area contributed by atoms with Crippen molar-refractivity contribution in [3.05, 3.63) is 51.7 Å². The molecule has 0 bridgehead atoms. The molecule has 1 aromatic carbocycles. The molecular weight excluding hydrogens is 326 g/mol. The summed E-state index contributed by atoms with van der Waals surface area (Å²) in [6.45, 7) is 2.17. The number of methoxy groups -OCH3 is 1. The maximum atomic E-state index is 12.0. The molecule has 1 unspecified atom stereocenters. The van der Waals surface area contributed by atoms with Crippen LogP contribution < -0.4 is 10.6 Å². The molecule has 0 fully saturated rings. The van der Waals surface area contributed by atoms with Gasteiger partial charge in [-0.3, -0.25) is 9.59 Å². The van der Waals surface area contributed by atoms with E-state index in [2.05, 4.69) is 10.6 Å². The van der Waals surface area contributed by atoms with Crippen LogP contribution in [0.4, 0.5) is 5.69 Å². The third-order valence-corrected chi connectivity index (χ3v) is 4.41. The van der Waals surface area contributed by atoms with Gasteiger partial charge in [0.2, 0.25) is 0 Å². The highest BCUT2D eigenvalue weighted by Gasteiger charge is 2.18. The van der Waals surface area contributed by atoms with Crippen LogP contribution in [0.25, 0.3) is 0 Å². The summed E-state index contributed by atoms with van der Waals surface area (Å²) >= 11 is 1.58. The number of benzene rings is 1. The summed E-state index contributed by atoms with van der Waals surface area (Å²) in [6.07, 6.45) is -0.313. The largest absolute Gasteiger partial charge is 0.374 e. The molecule has 2 N–H and O–H groups in total. The molecule has 124 valence electrons. The van der Waals surface area contributed by atoms with Crippen molar-refractivity contribution in [3.8, 4) is 6.07 Å². The lowest BCUT2D eigenvalue weighted by atomic mass is 10.2. The molecule has 2 rings (SSSR count). The molecule has 0 aliphatic carbocycles. The van der Waals surface area contributed by atoms with E-state index in [-0.39, 0.29) is 12.6 Å². The second kappa shape index (κ2) is 8.24. The van der Waals surface area contributed by atoms with Crippen LogP contribution in [0.1, 0.15) is 21.4 Å². The number of hydrogen-bond acceptors (Lipinski definition) is 5. The van der Waals surface area contributed by atoms with E-state index in [4.69, 9.17) is 10.00 Å². The Morgan fingerprint density at radius 3 is 2.62 bits per heavy atom. The van der Waals surface area contributed by atoms with Gasteiger partial charge >= 0.3 is 11.8 Å². The van der Waals surface area contributed by atoms with Gasteiger partial charge in [-0.25, -0.2) is 0 Å². The average Bonchev–Trinajstić information content (AvgIpc) is 3.02. The van der Waals surface area contributed by atoms with Gasteiger partial charge in [0.1, 0.15) is 12.2 Å². The van der Waals surface area contributed by atoms with E-state index in [0.717, 1.165) is 9.75 Å². The third kappa shape index (κ3) is 4.41. The van der Waals surface area contributed by atoms with E-state index >= 15 is 0 Å². The molecule has 1 atom stereocenters. The number of rotatable bonds is 5. The summed E-state index contributed by atoms with van der Waals surface area (Å²) in [5.74, 6) is -1.60. The average molecular weight is 343 g/mol. The van der Waals surface area contributed by atoms with Gasteiger partial charge in [0, 0.05) is 23.4 Å². The molecular formula is C17H17N3O3S. The lowest BCUT2D eigenvalue weighted by Crippen LogP contribution is -2.38. The van der Waals surface area contributed by atoms with Crippen LogP contribution in [0.5, 0.6) is 0 Å². The van der Waals surface area contributed by atoms with Gasteiger partial charge in [-0.05, 0) is 31.2 Å². The SMILES string of the molecule is COC(CNC(=O)C(=O)Nc1ccccc1C#N)c1ccc(C)s1. The summed E-state index contributed by atoms with van der Waals surface area (Å²) < 4.78 is 5.36. The fourth-order valence-corrected chi connectivity index (χ4v) is 3.02. The van der Waals surface area contributed by atoms with E-state index in [9.17, 15) is 9.59 Å². The van der Waals surface area contributed by atoms with Gasteiger partial charge in [0.25, 0.3) is 0 Å². The van der Waals surface area contributed by atoms with Crippen molar-refractivity contribution in [3.63, 3.8) is 0 Å². The summed E-state index contributed by atoms with van der Waals surface area (Å²) in [4.78, 5) is 26.0. The second-order valence-electron chi connectivity index (χ2n) is 4.99. The van der Waals surface area contributed by atoms with Gasteiger partial charge in [-0.15, -0.1) is 11.3 Å². The zero-order chi connectivity index (χ0) is 17.5. The maximum absolute atomic E-state index is 12.0. The number of anilines is 1. The Kier molecular flexibility index (Phi) is 6.07. The fourth-order valence-electron chi connectivity index (χ4n) is 2.06. The Morgan fingerprint density at radius 1 is 1.25 bits per heavy atom. The van der Waals surface area contributed by atoms with Crippen LogP contribution in [0.15, 0.2) is 36.4 Å². The second-order valence-corrected chi connectivity index (χ2v) is 6.31. The Bertz CT molecular complexity index is 779. The number of amides is 2. The number of carbonyl (C=O) groups is 2. The molecule has 0 radical (unpaired) electrons. The van der Waals surface area contributed by atoms with Crippen molar-refractivity contribution in [2.45, 2.75) is 13.0 Å². The molecule has 1 aromatic heterocycles. The molecule has 24 heavy (non-hydrogen) atoms. The van der Waals surface area contributed by atoms with Gasteiger partial charge in [0.15, 0.2) is 0 Å². The molecule has 0 aliphatic rings. The highest BCUT2D eigenvalue weighted by atomic mass is 32.1. The van der Waals surface area contributed by atoms with Crippen molar-refractivity contribution < 1.29 is 14.3 Å². The molecule has 0 aliphatic heterocycles. The zero-order valence-corrected chi connectivity index (χ0v) is 14.1. The first-order valence-corrected chi connectivity index (χ1v) is 8.04. The smallest absolute Gasteiger partial charge is 0.313 e. The third-order valence-electron chi connectivity index (χ3n) is 3.31. The molecule has 1 heterocycles. The van der Waals surface area contributed by atoms with E-state index < -0.39 is 11.8 Å². The molecule has 7 heteroatoms. The van der Waals surface area contributed by atoms with Gasteiger partial charge in [-0.2, -0.15) is 5.26 Å². The zero-order valence-electron chi connectivity index (χ0n) is 13.3. The summed E-state index contributed by atoms with van der Waals surface area (Å²) in [5, 5.41) is 14.0. The topological polar surface area (TPSA) is 91.2 Å². The van der Waals surface area contributed by atoms with Crippen molar-refractivity contribution >= 4 is 28.8 Å². The molecule has 2 amide bonds. The Balaban J connectivity index is 1.94. The maximum Gasteiger partial charge on any atom is 0.313 e. The molecule has 0 saturated heterocycles. The highest BCUT2D eigenvalue weighted by Crippen LogP contribution is 2.24. The first-order valence-electron chi connectivity index (χ1n) is 7.22. The van der Waals surface area contributed by atoms with Crippen LogP contribution in [0.2, 0.25) is 0 Å². The summed E-state index contributed by atoms with van der Waals surface area (Å²) in [6, 6.07) is 12.3. The van der Waals surface area contributed by atoms with E-state index in [1.807, 2.05) is 25.1 Å². The molecule has 0 saturated carbocycles. The monoisotopic (exact) mass is 343 g/mol. The molecule has 2 aromatic rings. The van der Waals surface area contributed by atoms with Crippen molar-refractivity contribution in [2.75, 3.05) is 19.0 Å². The number of carbonyl (C=O) groups excluding carboxylic acids is 2.